The lowest BCUT2D eigenvalue weighted by molar-refractivity contribution is -0.167. The maximum atomic E-state index is 15.2. The standard InChI is InChI=1S/C33H28F5N5O6/c1-41-24-6-4-3-5-19(24)28(48-2)26(31(41)45)20-8-7-17(43-10-9-39-29(20)43)15-23(32(46)47)40-30(44)27-21(34)13-18(14-22(27)35)42-11-12-49-16-25(42)33(36,37)38/h3-10,13-14,23,25H,11-12,15-16H2,1-2H3,(H,40,44)(H,46,47)/t23-,25?/m0/s1. The lowest BCUT2D eigenvalue weighted by Gasteiger charge is -2.38. The van der Waals surface area contributed by atoms with Crippen LogP contribution < -0.4 is 20.5 Å². The van der Waals surface area contributed by atoms with E-state index in [1.54, 1.807) is 37.4 Å². The largest absolute Gasteiger partial charge is 0.495 e. The lowest BCUT2D eigenvalue weighted by atomic mass is 10.0. The van der Waals surface area contributed by atoms with Crippen LogP contribution in [0, 0.1) is 11.6 Å². The molecule has 1 fully saturated rings. The molecule has 4 heterocycles. The molecular weight excluding hydrogens is 657 g/mol. The van der Waals surface area contributed by atoms with Crippen molar-refractivity contribution in [3.8, 4) is 16.9 Å². The van der Waals surface area contributed by atoms with Crippen LogP contribution in [0.2, 0.25) is 0 Å². The summed E-state index contributed by atoms with van der Waals surface area (Å²) in [7, 11) is 3.05. The number of fused-ring (bicyclic) bond motifs is 2. The highest BCUT2D eigenvalue weighted by Gasteiger charge is 2.46. The van der Waals surface area contributed by atoms with Gasteiger partial charge in [-0.15, -0.1) is 0 Å². The number of aliphatic carboxylic acids is 1. The number of anilines is 1. The molecule has 1 aliphatic heterocycles. The first-order chi connectivity index (χ1) is 23.3. The number of amides is 1. The van der Waals surface area contributed by atoms with Crippen LogP contribution in [0.1, 0.15) is 16.1 Å². The topological polar surface area (TPSA) is 127 Å². The molecule has 16 heteroatoms. The predicted molar refractivity (Wildman–Crippen MR) is 167 cm³/mol. The number of hydrogen-bond acceptors (Lipinski definition) is 7. The molecule has 1 amide bonds. The number of carbonyl (C=O) groups excluding carboxylic acids is 1. The molecule has 6 rings (SSSR count). The van der Waals surface area contributed by atoms with Crippen molar-refractivity contribution in [1.29, 1.82) is 0 Å². The van der Waals surface area contributed by atoms with Crippen LogP contribution in [0.25, 0.3) is 27.7 Å². The third-order valence-electron chi connectivity index (χ3n) is 8.47. The van der Waals surface area contributed by atoms with Crippen LogP contribution in [0.3, 0.4) is 0 Å². The van der Waals surface area contributed by atoms with E-state index in [4.69, 9.17) is 9.47 Å². The van der Waals surface area contributed by atoms with E-state index < -0.39 is 59.6 Å². The van der Waals surface area contributed by atoms with Crippen LogP contribution in [-0.4, -0.2) is 76.1 Å². The number of aromatic nitrogens is 3. The quantitative estimate of drug-likeness (QED) is 0.231. The fourth-order valence-electron chi connectivity index (χ4n) is 6.11. The molecule has 5 aromatic rings. The van der Waals surface area contributed by atoms with Crippen molar-refractivity contribution in [2.45, 2.75) is 24.7 Å². The highest BCUT2D eigenvalue weighted by molar-refractivity contribution is 5.98. The number of methoxy groups -OCH3 is 1. The van der Waals surface area contributed by atoms with Gasteiger partial charge in [0.15, 0.2) is 0 Å². The van der Waals surface area contributed by atoms with Crippen molar-refractivity contribution >= 4 is 34.1 Å². The molecule has 2 atom stereocenters. The number of aryl methyl sites for hydroxylation is 1. The fraction of sp³-hybridized carbons (Fsp3) is 0.273. The normalized spacial score (nSPS) is 15.8. The minimum absolute atomic E-state index is 0.115. The number of benzene rings is 2. The van der Waals surface area contributed by atoms with Crippen molar-refractivity contribution in [2.75, 3.05) is 31.8 Å². The molecule has 1 saturated heterocycles. The first-order valence-electron chi connectivity index (χ1n) is 14.9. The number of carbonyl (C=O) groups is 2. The molecule has 1 unspecified atom stereocenters. The van der Waals surface area contributed by atoms with Gasteiger partial charge in [0.1, 0.15) is 40.7 Å². The number of ether oxygens (including phenoxy) is 2. The summed E-state index contributed by atoms with van der Waals surface area (Å²) < 4.78 is 84.5. The molecule has 1 aliphatic rings. The molecule has 0 radical (unpaired) electrons. The summed E-state index contributed by atoms with van der Waals surface area (Å²) in [6.07, 6.45) is -2.19. The van der Waals surface area contributed by atoms with E-state index in [1.165, 1.54) is 34.5 Å². The van der Waals surface area contributed by atoms with Gasteiger partial charge >= 0.3 is 12.1 Å². The molecule has 0 aliphatic carbocycles. The van der Waals surface area contributed by atoms with Crippen LogP contribution >= 0.6 is 0 Å². The number of rotatable bonds is 8. The fourth-order valence-corrected chi connectivity index (χ4v) is 6.11. The molecule has 0 saturated carbocycles. The van der Waals surface area contributed by atoms with E-state index in [0.29, 0.717) is 40.0 Å². The molecule has 49 heavy (non-hydrogen) atoms. The minimum Gasteiger partial charge on any atom is -0.495 e. The van der Waals surface area contributed by atoms with Gasteiger partial charge in [0.25, 0.3) is 11.5 Å². The highest BCUT2D eigenvalue weighted by Crippen LogP contribution is 2.36. The SMILES string of the molecule is COc1c(-c2ccc(C[C@H](NC(=O)c3c(F)cc(N4CCOCC4C(F)(F)F)cc3F)C(=O)O)n3ccnc23)c(=O)n(C)c2ccccc12. The average Bonchev–Trinajstić information content (AvgIpc) is 3.56. The first kappa shape index (κ1) is 33.4. The zero-order valence-electron chi connectivity index (χ0n) is 25.9. The zero-order valence-corrected chi connectivity index (χ0v) is 25.9. The average molecular weight is 686 g/mol. The molecule has 0 bridgehead atoms. The summed E-state index contributed by atoms with van der Waals surface area (Å²) in [4.78, 5) is 44.0. The van der Waals surface area contributed by atoms with E-state index in [-0.39, 0.29) is 36.3 Å². The Hall–Kier alpha value is -5.51. The van der Waals surface area contributed by atoms with Crippen molar-refractivity contribution in [3.05, 3.63) is 94.2 Å². The summed E-state index contributed by atoms with van der Waals surface area (Å²) in [5.74, 6) is -5.60. The highest BCUT2D eigenvalue weighted by atomic mass is 19.4. The Morgan fingerprint density at radius 3 is 2.53 bits per heavy atom. The Morgan fingerprint density at radius 1 is 1.14 bits per heavy atom. The van der Waals surface area contributed by atoms with Gasteiger partial charge in [-0.1, -0.05) is 12.1 Å². The van der Waals surface area contributed by atoms with Crippen LogP contribution in [0.4, 0.5) is 27.6 Å². The summed E-state index contributed by atoms with van der Waals surface area (Å²) in [6, 6.07) is 7.57. The zero-order chi connectivity index (χ0) is 35.2. The number of alkyl halides is 3. The second kappa shape index (κ2) is 12.8. The van der Waals surface area contributed by atoms with Crippen LogP contribution in [0.5, 0.6) is 5.75 Å². The molecule has 2 N–H and O–H groups in total. The number of nitrogens with one attached hydrogen (secondary N) is 1. The summed E-state index contributed by atoms with van der Waals surface area (Å²) in [5.41, 5.74) is -0.178. The monoisotopic (exact) mass is 685 g/mol. The minimum atomic E-state index is -4.76. The smallest absolute Gasteiger partial charge is 0.411 e. The first-order valence-corrected chi connectivity index (χ1v) is 14.9. The van der Waals surface area contributed by atoms with Gasteiger partial charge in [0, 0.05) is 54.7 Å². The number of hydrogen-bond donors (Lipinski definition) is 2. The Kier molecular flexibility index (Phi) is 8.75. The van der Waals surface area contributed by atoms with Gasteiger partial charge in [0.2, 0.25) is 0 Å². The van der Waals surface area contributed by atoms with Crippen molar-refractivity contribution < 1.29 is 46.1 Å². The predicted octanol–water partition coefficient (Wildman–Crippen LogP) is 4.33. The summed E-state index contributed by atoms with van der Waals surface area (Å²) >= 11 is 0. The number of para-hydroxylation sites is 1. The number of morpholine rings is 1. The molecule has 3 aromatic heterocycles. The van der Waals surface area contributed by atoms with Gasteiger partial charge in [-0.2, -0.15) is 13.2 Å². The number of pyridine rings is 2. The number of nitrogens with zero attached hydrogens (tertiary/aromatic N) is 4. The molecular formula is C33H28F5N5O6. The van der Waals surface area contributed by atoms with Gasteiger partial charge in [-0.25, -0.2) is 18.6 Å². The molecule has 256 valence electrons. The second-order valence-corrected chi connectivity index (χ2v) is 11.3. The van der Waals surface area contributed by atoms with Gasteiger partial charge in [-0.05, 0) is 36.4 Å². The summed E-state index contributed by atoms with van der Waals surface area (Å²) in [5, 5.41) is 12.7. The van der Waals surface area contributed by atoms with Crippen molar-refractivity contribution in [3.63, 3.8) is 0 Å². The third kappa shape index (κ3) is 6.03. The number of carboxylic acid groups (broad SMARTS) is 1. The summed E-state index contributed by atoms with van der Waals surface area (Å²) in [6.45, 7) is -1.16. The van der Waals surface area contributed by atoms with Crippen molar-refractivity contribution in [1.82, 2.24) is 19.3 Å². The Balaban J connectivity index is 1.31. The number of imidazole rings is 1. The number of halogens is 5. The Morgan fingerprint density at radius 2 is 1.86 bits per heavy atom. The van der Waals surface area contributed by atoms with Crippen LogP contribution in [0.15, 0.2) is 65.7 Å². The Labute approximate surface area is 274 Å². The third-order valence-corrected chi connectivity index (χ3v) is 8.47. The lowest BCUT2D eigenvalue weighted by Crippen LogP contribution is -2.53. The maximum absolute atomic E-state index is 15.2. The molecule has 2 aromatic carbocycles. The van der Waals surface area contributed by atoms with Crippen molar-refractivity contribution in [2.24, 2.45) is 7.05 Å². The Bertz CT molecular complexity index is 2140. The van der Waals surface area contributed by atoms with Crippen LogP contribution in [-0.2, 0) is 23.0 Å². The van der Waals surface area contributed by atoms with E-state index >= 15 is 8.78 Å². The van der Waals surface area contributed by atoms with E-state index in [9.17, 15) is 32.7 Å². The number of carboxylic acids is 1. The van der Waals surface area contributed by atoms with Gasteiger partial charge in [-0.3, -0.25) is 9.59 Å². The molecule has 11 nitrogen and oxygen atoms in total. The maximum Gasteiger partial charge on any atom is 0.411 e. The van der Waals surface area contributed by atoms with Gasteiger partial charge < -0.3 is 33.8 Å². The van der Waals surface area contributed by atoms with E-state index in [1.807, 2.05) is 0 Å². The van der Waals surface area contributed by atoms with E-state index in [2.05, 4.69) is 10.3 Å². The molecule has 0 spiro atoms. The van der Waals surface area contributed by atoms with E-state index in [0.717, 1.165) is 4.90 Å². The van der Waals surface area contributed by atoms with Gasteiger partial charge in [0.05, 0.1) is 31.4 Å². The second-order valence-electron chi connectivity index (χ2n) is 11.3.